The van der Waals surface area contributed by atoms with Crippen LogP contribution in [0.4, 0.5) is 5.69 Å². The van der Waals surface area contributed by atoms with Crippen molar-refractivity contribution in [3.05, 3.63) is 26.7 Å². The minimum absolute atomic E-state index is 0.113. The van der Waals surface area contributed by atoms with Gasteiger partial charge in [-0.15, -0.1) is 0 Å². The van der Waals surface area contributed by atoms with E-state index >= 15 is 0 Å². The molecule has 1 aliphatic carbocycles. The molecule has 0 aromatic heterocycles. The fraction of sp³-hybridized carbons (Fsp3) is 0.562. The van der Waals surface area contributed by atoms with Crippen LogP contribution in [0.3, 0.4) is 0 Å². The molecule has 23 heavy (non-hydrogen) atoms. The maximum atomic E-state index is 6.23. The first-order chi connectivity index (χ1) is 10.8. The number of benzene rings is 1. The molecule has 2 fully saturated rings. The zero-order valence-corrected chi connectivity index (χ0v) is 16.2. The standard InChI is InChI=1S/C16H19BrCl2N2O2/c1-15(2)9-16(22-5-6-23-16)4-3-13(15)21-20-12-8-10(17)7-11(18)14(12)19/h7-8,20H,3-6,9H2,1-2H3/b21-13+. The van der Waals surface area contributed by atoms with Gasteiger partial charge in [-0.05, 0) is 18.6 Å². The molecule has 2 aliphatic rings. The maximum Gasteiger partial charge on any atom is 0.169 e. The SMILES string of the molecule is CC1(C)CC2(CC/C1=N\Nc1cc(Br)cc(Cl)c1Cl)OCCO2. The van der Waals surface area contributed by atoms with Crippen molar-refractivity contribution in [1.82, 2.24) is 0 Å². The second-order valence-corrected chi connectivity index (χ2v) is 8.29. The molecule has 1 aromatic carbocycles. The molecule has 7 heteroatoms. The summed E-state index contributed by atoms with van der Waals surface area (Å²) in [4.78, 5) is 0. The normalized spacial score (nSPS) is 24.3. The van der Waals surface area contributed by atoms with Gasteiger partial charge in [0.05, 0.1) is 28.9 Å². The average Bonchev–Trinajstić information content (AvgIpc) is 2.90. The van der Waals surface area contributed by atoms with Crippen LogP contribution in [0, 0.1) is 5.41 Å². The van der Waals surface area contributed by atoms with Gasteiger partial charge in [-0.3, -0.25) is 5.43 Å². The van der Waals surface area contributed by atoms with Crippen LogP contribution in [0.5, 0.6) is 0 Å². The summed E-state index contributed by atoms with van der Waals surface area (Å²) in [5.74, 6) is -0.431. The highest BCUT2D eigenvalue weighted by Crippen LogP contribution is 2.44. The van der Waals surface area contributed by atoms with Crippen molar-refractivity contribution in [2.75, 3.05) is 18.6 Å². The molecular formula is C16H19BrCl2N2O2. The Morgan fingerprint density at radius 2 is 1.91 bits per heavy atom. The molecule has 0 atom stereocenters. The van der Waals surface area contributed by atoms with Crippen LogP contribution in [0.15, 0.2) is 21.7 Å². The highest BCUT2D eigenvalue weighted by atomic mass is 79.9. The molecule has 0 amide bonds. The summed E-state index contributed by atoms with van der Waals surface area (Å²) in [6, 6.07) is 3.62. The van der Waals surface area contributed by atoms with Crippen LogP contribution < -0.4 is 5.43 Å². The number of rotatable bonds is 2. The number of ether oxygens (including phenoxy) is 2. The van der Waals surface area contributed by atoms with E-state index in [4.69, 9.17) is 32.7 Å². The number of hydrazone groups is 1. The van der Waals surface area contributed by atoms with Crippen LogP contribution in [0.25, 0.3) is 0 Å². The number of hydrogen-bond acceptors (Lipinski definition) is 4. The minimum atomic E-state index is -0.431. The smallest absolute Gasteiger partial charge is 0.169 e. The topological polar surface area (TPSA) is 42.9 Å². The van der Waals surface area contributed by atoms with Crippen LogP contribution in [0.1, 0.15) is 33.1 Å². The maximum absolute atomic E-state index is 6.23. The largest absolute Gasteiger partial charge is 0.347 e. The third-order valence-electron chi connectivity index (χ3n) is 4.35. The molecule has 1 aliphatic heterocycles. The molecule has 0 bridgehead atoms. The van der Waals surface area contributed by atoms with E-state index in [1.807, 2.05) is 6.07 Å². The molecule has 3 rings (SSSR count). The van der Waals surface area contributed by atoms with Gasteiger partial charge in [-0.2, -0.15) is 5.10 Å². The molecule has 0 radical (unpaired) electrons. The lowest BCUT2D eigenvalue weighted by Crippen LogP contribution is -2.45. The zero-order chi connectivity index (χ0) is 16.7. The number of hydrogen-bond donors (Lipinski definition) is 1. The molecular weight excluding hydrogens is 403 g/mol. The summed E-state index contributed by atoms with van der Waals surface area (Å²) in [5, 5.41) is 5.54. The zero-order valence-electron chi connectivity index (χ0n) is 13.1. The van der Waals surface area contributed by atoms with Crippen molar-refractivity contribution in [3.8, 4) is 0 Å². The van der Waals surface area contributed by atoms with E-state index in [1.54, 1.807) is 6.07 Å². The monoisotopic (exact) mass is 420 g/mol. The molecule has 0 unspecified atom stereocenters. The van der Waals surface area contributed by atoms with Crippen molar-refractivity contribution in [2.45, 2.75) is 38.9 Å². The van der Waals surface area contributed by atoms with E-state index in [9.17, 15) is 0 Å². The first kappa shape index (κ1) is 17.5. The third-order valence-corrected chi connectivity index (χ3v) is 5.61. The van der Waals surface area contributed by atoms with Crippen molar-refractivity contribution in [1.29, 1.82) is 0 Å². The van der Waals surface area contributed by atoms with Crippen LogP contribution in [0.2, 0.25) is 10.0 Å². The molecule has 1 heterocycles. The van der Waals surface area contributed by atoms with Crippen molar-refractivity contribution in [2.24, 2.45) is 10.5 Å². The Kier molecular flexibility index (Phi) is 4.96. The first-order valence-electron chi connectivity index (χ1n) is 7.57. The lowest BCUT2D eigenvalue weighted by molar-refractivity contribution is -0.181. The highest BCUT2D eigenvalue weighted by molar-refractivity contribution is 9.10. The summed E-state index contributed by atoms with van der Waals surface area (Å²) in [6.45, 7) is 5.67. The van der Waals surface area contributed by atoms with Gasteiger partial charge in [-0.1, -0.05) is 53.0 Å². The number of anilines is 1. The summed E-state index contributed by atoms with van der Waals surface area (Å²) >= 11 is 15.7. The molecule has 4 nitrogen and oxygen atoms in total. The summed E-state index contributed by atoms with van der Waals surface area (Å²) < 4.78 is 12.5. The van der Waals surface area contributed by atoms with Crippen molar-refractivity contribution < 1.29 is 9.47 Å². The molecule has 1 saturated heterocycles. The Bertz CT molecular complexity index is 643. The van der Waals surface area contributed by atoms with E-state index in [0.717, 1.165) is 29.4 Å². The van der Waals surface area contributed by atoms with Crippen LogP contribution >= 0.6 is 39.1 Å². The van der Waals surface area contributed by atoms with Crippen LogP contribution in [-0.2, 0) is 9.47 Å². The summed E-state index contributed by atoms with van der Waals surface area (Å²) in [5.41, 5.74) is 4.71. The molecule has 126 valence electrons. The van der Waals surface area contributed by atoms with Crippen molar-refractivity contribution >= 4 is 50.5 Å². The molecule has 1 saturated carbocycles. The Morgan fingerprint density at radius 3 is 2.57 bits per heavy atom. The Hall–Kier alpha value is -0.330. The minimum Gasteiger partial charge on any atom is -0.347 e. The average molecular weight is 422 g/mol. The Balaban J connectivity index is 1.78. The fourth-order valence-corrected chi connectivity index (χ4v) is 4.19. The Labute approximate surface area is 154 Å². The molecule has 1 N–H and O–H groups in total. The number of halogens is 3. The molecule has 1 aromatic rings. The summed E-state index contributed by atoms with van der Waals surface area (Å²) in [7, 11) is 0. The lowest BCUT2D eigenvalue weighted by atomic mass is 9.72. The Morgan fingerprint density at radius 1 is 1.22 bits per heavy atom. The third kappa shape index (κ3) is 3.69. The van der Waals surface area contributed by atoms with E-state index < -0.39 is 5.79 Å². The second kappa shape index (κ2) is 6.52. The fourth-order valence-electron chi connectivity index (χ4n) is 3.23. The highest BCUT2D eigenvalue weighted by Gasteiger charge is 2.47. The quantitative estimate of drug-likeness (QED) is 0.508. The summed E-state index contributed by atoms with van der Waals surface area (Å²) in [6.07, 6.45) is 2.44. The second-order valence-electron chi connectivity index (χ2n) is 6.59. The van der Waals surface area contributed by atoms with Gasteiger partial charge in [0.2, 0.25) is 0 Å². The number of nitrogens with one attached hydrogen (secondary N) is 1. The van der Waals surface area contributed by atoms with E-state index in [1.165, 1.54) is 0 Å². The van der Waals surface area contributed by atoms with E-state index in [-0.39, 0.29) is 5.41 Å². The number of nitrogens with zero attached hydrogens (tertiary/aromatic N) is 1. The predicted molar refractivity (Wildman–Crippen MR) is 97.5 cm³/mol. The van der Waals surface area contributed by atoms with Crippen LogP contribution in [-0.4, -0.2) is 24.7 Å². The van der Waals surface area contributed by atoms with Gasteiger partial charge >= 0.3 is 0 Å². The van der Waals surface area contributed by atoms with Gasteiger partial charge < -0.3 is 9.47 Å². The van der Waals surface area contributed by atoms with Gasteiger partial charge in [-0.25, -0.2) is 0 Å². The van der Waals surface area contributed by atoms with E-state index in [0.29, 0.717) is 28.9 Å². The first-order valence-corrected chi connectivity index (χ1v) is 9.12. The van der Waals surface area contributed by atoms with E-state index in [2.05, 4.69) is 40.3 Å². The van der Waals surface area contributed by atoms with Gasteiger partial charge in [0.25, 0.3) is 0 Å². The van der Waals surface area contributed by atoms with Gasteiger partial charge in [0.1, 0.15) is 0 Å². The molecule has 1 spiro atoms. The van der Waals surface area contributed by atoms with Crippen molar-refractivity contribution in [3.63, 3.8) is 0 Å². The predicted octanol–water partition coefficient (Wildman–Crippen LogP) is 5.48. The van der Waals surface area contributed by atoms with Gasteiger partial charge in [0.15, 0.2) is 5.79 Å². The lowest BCUT2D eigenvalue weighted by Gasteiger charge is -2.41. The van der Waals surface area contributed by atoms with Gasteiger partial charge in [0, 0.05) is 28.4 Å².